The highest BCUT2D eigenvalue weighted by Gasteiger charge is 2.22. The summed E-state index contributed by atoms with van der Waals surface area (Å²) in [6.07, 6.45) is 0. The lowest BCUT2D eigenvalue weighted by atomic mass is 10.1. The summed E-state index contributed by atoms with van der Waals surface area (Å²) >= 11 is 0. The Labute approximate surface area is 171 Å². The summed E-state index contributed by atoms with van der Waals surface area (Å²) in [5.41, 5.74) is 0.660. The normalized spacial score (nSPS) is 14.4. The average Bonchev–Trinajstić information content (AvgIpc) is 2.78. The molecular formula is C22H28N2O5. The van der Waals surface area contributed by atoms with Crippen LogP contribution in [0.2, 0.25) is 0 Å². The average molecular weight is 400 g/mol. The number of nitrogens with zero attached hydrogens (tertiary/aromatic N) is 2. The molecule has 0 saturated carbocycles. The fourth-order valence-electron chi connectivity index (χ4n) is 3.27. The first-order chi connectivity index (χ1) is 14.1. The fourth-order valence-corrected chi connectivity index (χ4v) is 3.27. The number of benzene rings is 2. The molecule has 7 heteroatoms. The lowest BCUT2D eigenvalue weighted by Gasteiger charge is -2.34. The molecule has 3 rings (SSSR count). The highest BCUT2D eigenvalue weighted by Crippen LogP contribution is 2.27. The first-order valence-corrected chi connectivity index (χ1v) is 9.64. The van der Waals surface area contributed by atoms with Crippen LogP contribution in [0.3, 0.4) is 0 Å². The van der Waals surface area contributed by atoms with Crippen LogP contribution >= 0.6 is 0 Å². The largest absolute Gasteiger partial charge is 0.497 e. The van der Waals surface area contributed by atoms with Gasteiger partial charge in [-0.3, -0.25) is 9.69 Å². The molecule has 2 aromatic rings. The van der Waals surface area contributed by atoms with Gasteiger partial charge in [-0.15, -0.1) is 0 Å². The number of methoxy groups -OCH3 is 3. The monoisotopic (exact) mass is 400 g/mol. The molecule has 29 heavy (non-hydrogen) atoms. The topological polar surface area (TPSA) is 60.5 Å². The molecule has 1 heterocycles. The molecule has 1 aliphatic rings. The van der Waals surface area contributed by atoms with Crippen molar-refractivity contribution < 1.29 is 23.7 Å². The van der Waals surface area contributed by atoms with Gasteiger partial charge in [-0.2, -0.15) is 0 Å². The molecule has 0 radical (unpaired) electrons. The summed E-state index contributed by atoms with van der Waals surface area (Å²) < 4.78 is 21.6. The molecule has 7 nitrogen and oxygen atoms in total. The first kappa shape index (κ1) is 20.8. The van der Waals surface area contributed by atoms with Gasteiger partial charge in [0.2, 0.25) is 0 Å². The third kappa shape index (κ3) is 5.54. The van der Waals surface area contributed by atoms with E-state index in [9.17, 15) is 4.79 Å². The van der Waals surface area contributed by atoms with Crippen molar-refractivity contribution in [2.45, 2.75) is 0 Å². The van der Waals surface area contributed by atoms with Gasteiger partial charge in [0.25, 0.3) is 5.91 Å². The van der Waals surface area contributed by atoms with Crippen molar-refractivity contribution in [3.63, 3.8) is 0 Å². The summed E-state index contributed by atoms with van der Waals surface area (Å²) in [4.78, 5) is 16.9. The number of carbonyl (C=O) groups excluding carboxylic acids is 1. The van der Waals surface area contributed by atoms with E-state index in [1.807, 2.05) is 41.3 Å². The van der Waals surface area contributed by atoms with Gasteiger partial charge in [-0.25, -0.2) is 0 Å². The highest BCUT2D eigenvalue weighted by atomic mass is 16.5. The van der Waals surface area contributed by atoms with Gasteiger partial charge in [0.1, 0.15) is 29.6 Å². The van der Waals surface area contributed by atoms with Crippen LogP contribution in [0.25, 0.3) is 0 Å². The zero-order chi connectivity index (χ0) is 20.6. The van der Waals surface area contributed by atoms with E-state index in [-0.39, 0.29) is 5.91 Å². The minimum Gasteiger partial charge on any atom is -0.497 e. The molecule has 1 amide bonds. The molecule has 0 aromatic heterocycles. The maximum atomic E-state index is 12.7. The standard InChI is InChI=1S/C22H28N2O5/c1-26-18-6-4-5-17(13-18)22(25)24-9-7-23(8-10-24)11-12-29-21-15-19(27-2)14-20(16-21)28-3/h4-6,13-16H,7-12H2,1-3H3. The third-order valence-corrected chi connectivity index (χ3v) is 4.98. The van der Waals surface area contributed by atoms with Crippen LogP contribution in [0.15, 0.2) is 42.5 Å². The zero-order valence-electron chi connectivity index (χ0n) is 17.2. The van der Waals surface area contributed by atoms with Gasteiger partial charge in [0.15, 0.2) is 0 Å². The molecule has 2 aromatic carbocycles. The summed E-state index contributed by atoms with van der Waals surface area (Å²) in [6, 6.07) is 12.8. The van der Waals surface area contributed by atoms with Crippen LogP contribution in [0.4, 0.5) is 0 Å². The van der Waals surface area contributed by atoms with E-state index < -0.39 is 0 Å². The summed E-state index contributed by atoms with van der Waals surface area (Å²) in [5, 5.41) is 0. The second-order valence-electron chi connectivity index (χ2n) is 6.76. The van der Waals surface area contributed by atoms with Crippen molar-refractivity contribution in [2.75, 3.05) is 60.7 Å². The maximum Gasteiger partial charge on any atom is 0.254 e. The molecule has 1 fully saturated rings. The van der Waals surface area contributed by atoms with Gasteiger partial charge in [-0.1, -0.05) is 6.07 Å². The number of piperazine rings is 1. The van der Waals surface area contributed by atoms with Gasteiger partial charge in [0, 0.05) is 56.5 Å². The quantitative estimate of drug-likeness (QED) is 0.679. The molecule has 0 unspecified atom stereocenters. The lowest BCUT2D eigenvalue weighted by Crippen LogP contribution is -2.49. The molecule has 1 saturated heterocycles. The van der Waals surface area contributed by atoms with Gasteiger partial charge in [0.05, 0.1) is 21.3 Å². The number of carbonyl (C=O) groups is 1. The molecule has 156 valence electrons. The first-order valence-electron chi connectivity index (χ1n) is 9.64. The molecule has 0 aliphatic carbocycles. The number of hydrogen-bond donors (Lipinski definition) is 0. The van der Waals surface area contributed by atoms with E-state index in [0.717, 1.165) is 19.6 Å². The summed E-state index contributed by atoms with van der Waals surface area (Å²) in [6.45, 7) is 4.38. The maximum absolute atomic E-state index is 12.7. The Kier molecular flexibility index (Phi) is 7.19. The molecule has 0 N–H and O–H groups in total. The highest BCUT2D eigenvalue weighted by molar-refractivity contribution is 5.94. The van der Waals surface area contributed by atoms with Gasteiger partial charge < -0.3 is 23.8 Å². The van der Waals surface area contributed by atoms with Crippen LogP contribution in [0.1, 0.15) is 10.4 Å². The molecule has 0 bridgehead atoms. The second-order valence-corrected chi connectivity index (χ2v) is 6.76. The Morgan fingerprint density at radius 3 is 2.07 bits per heavy atom. The lowest BCUT2D eigenvalue weighted by molar-refractivity contribution is 0.0620. The molecule has 0 spiro atoms. The van der Waals surface area contributed by atoms with Crippen LogP contribution in [-0.4, -0.2) is 76.4 Å². The number of amides is 1. The number of ether oxygens (including phenoxy) is 4. The minimum atomic E-state index is 0.0447. The van der Waals surface area contributed by atoms with E-state index >= 15 is 0 Å². The van der Waals surface area contributed by atoms with Crippen molar-refractivity contribution in [3.05, 3.63) is 48.0 Å². The SMILES string of the molecule is COc1cc(OC)cc(OCCN2CCN(C(=O)c3cccc(OC)c3)CC2)c1. The number of hydrogen-bond acceptors (Lipinski definition) is 6. The van der Waals surface area contributed by atoms with Crippen molar-refractivity contribution in [2.24, 2.45) is 0 Å². The molecular weight excluding hydrogens is 372 g/mol. The van der Waals surface area contributed by atoms with Gasteiger partial charge in [-0.05, 0) is 18.2 Å². The van der Waals surface area contributed by atoms with Crippen LogP contribution in [0.5, 0.6) is 23.0 Å². The summed E-state index contributed by atoms with van der Waals surface area (Å²) in [5.74, 6) is 2.85. The third-order valence-electron chi connectivity index (χ3n) is 4.98. The van der Waals surface area contributed by atoms with Crippen molar-refractivity contribution in [1.82, 2.24) is 9.80 Å². The fraction of sp³-hybridized carbons (Fsp3) is 0.409. The van der Waals surface area contributed by atoms with E-state index in [1.165, 1.54) is 0 Å². The van der Waals surface area contributed by atoms with Crippen molar-refractivity contribution in [1.29, 1.82) is 0 Å². The predicted molar refractivity (Wildman–Crippen MR) is 110 cm³/mol. The van der Waals surface area contributed by atoms with E-state index in [1.54, 1.807) is 27.4 Å². The Balaban J connectivity index is 1.46. The summed E-state index contributed by atoms with van der Waals surface area (Å²) in [7, 11) is 4.84. The Morgan fingerprint density at radius 1 is 0.828 bits per heavy atom. The Hall–Kier alpha value is -2.93. The molecule has 1 aliphatic heterocycles. The predicted octanol–water partition coefficient (Wildman–Crippen LogP) is 2.55. The van der Waals surface area contributed by atoms with Crippen LogP contribution in [0, 0.1) is 0 Å². The van der Waals surface area contributed by atoms with Gasteiger partial charge >= 0.3 is 0 Å². The van der Waals surface area contributed by atoms with E-state index in [4.69, 9.17) is 18.9 Å². The van der Waals surface area contributed by atoms with Crippen LogP contribution in [-0.2, 0) is 0 Å². The Morgan fingerprint density at radius 2 is 1.45 bits per heavy atom. The zero-order valence-corrected chi connectivity index (χ0v) is 17.2. The smallest absolute Gasteiger partial charge is 0.254 e. The Bertz CT molecular complexity index is 796. The van der Waals surface area contributed by atoms with Crippen LogP contribution < -0.4 is 18.9 Å². The molecule has 0 atom stereocenters. The van der Waals surface area contributed by atoms with Crippen molar-refractivity contribution in [3.8, 4) is 23.0 Å². The second kappa shape index (κ2) is 10.0. The number of rotatable bonds is 8. The van der Waals surface area contributed by atoms with Crippen molar-refractivity contribution >= 4 is 5.91 Å². The van der Waals surface area contributed by atoms with E-state index in [2.05, 4.69) is 4.90 Å². The minimum absolute atomic E-state index is 0.0447. The van der Waals surface area contributed by atoms with E-state index in [0.29, 0.717) is 48.3 Å².